The summed E-state index contributed by atoms with van der Waals surface area (Å²) in [5.74, 6) is 0.224. The number of benzene rings is 1. The van der Waals surface area contributed by atoms with Crippen LogP contribution in [0.25, 0.3) is 0 Å². The van der Waals surface area contributed by atoms with Crippen LogP contribution < -0.4 is 15.3 Å². The number of nitrogens with zero attached hydrogens (tertiary/aromatic N) is 5. The van der Waals surface area contributed by atoms with Gasteiger partial charge in [-0.05, 0) is 44.0 Å². The maximum absolute atomic E-state index is 12.8. The molecular weight excluding hydrogens is 418 g/mol. The largest absolute Gasteiger partial charge is 0.497 e. The molecule has 1 aromatic heterocycles. The Bertz CT molecular complexity index is 1080. The van der Waals surface area contributed by atoms with Gasteiger partial charge in [0.05, 0.1) is 26.2 Å². The van der Waals surface area contributed by atoms with E-state index >= 15 is 0 Å². The molecule has 0 unspecified atom stereocenters. The Morgan fingerprint density at radius 2 is 1.81 bits per heavy atom. The second kappa shape index (κ2) is 8.85. The molecule has 4 rings (SSSR count). The monoisotopic (exact) mass is 443 g/mol. The minimum atomic E-state index is -0.643. The summed E-state index contributed by atoms with van der Waals surface area (Å²) in [5, 5.41) is 4.21. The van der Waals surface area contributed by atoms with Crippen molar-refractivity contribution in [3.8, 4) is 5.75 Å². The van der Waals surface area contributed by atoms with Crippen molar-refractivity contribution in [1.29, 1.82) is 0 Å². The number of piperidine rings is 1. The number of ether oxygens (including phenoxy) is 2. The summed E-state index contributed by atoms with van der Waals surface area (Å²) in [7, 11) is 1.55. The van der Waals surface area contributed by atoms with Gasteiger partial charge < -0.3 is 14.4 Å². The van der Waals surface area contributed by atoms with Crippen molar-refractivity contribution in [2.45, 2.75) is 32.9 Å². The van der Waals surface area contributed by atoms with Crippen LogP contribution >= 0.6 is 0 Å². The zero-order valence-corrected chi connectivity index (χ0v) is 18.0. The Morgan fingerprint density at radius 3 is 2.41 bits per heavy atom. The lowest BCUT2D eigenvalue weighted by Gasteiger charge is -2.30. The van der Waals surface area contributed by atoms with Gasteiger partial charge in [0.1, 0.15) is 12.3 Å². The molecule has 2 aliphatic heterocycles. The lowest BCUT2D eigenvalue weighted by atomic mass is 9.97. The summed E-state index contributed by atoms with van der Waals surface area (Å²) in [6.45, 7) is 2.80. The predicted molar refractivity (Wildman–Crippen MR) is 112 cm³/mol. The standard InChI is InChI=1S/C21H25N5O6/c1-3-32-19(28)14-8-10-23(11-9-14)18(27)13-25-21(30)26-17(22-25)12-24(20(26)29)15-4-6-16(31-2)7-5-15/h4-7,14H,3,8-13H2,1-2H3. The summed E-state index contributed by atoms with van der Waals surface area (Å²) in [5.41, 5.74) is -0.0245. The van der Waals surface area contributed by atoms with Gasteiger partial charge in [-0.1, -0.05) is 0 Å². The van der Waals surface area contributed by atoms with Gasteiger partial charge in [0.15, 0.2) is 5.82 Å². The molecule has 0 atom stereocenters. The number of carbonyl (C=O) groups is 3. The van der Waals surface area contributed by atoms with Crippen LogP contribution in [0.5, 0.6) is 5.75 Å². The van der Waals surface area contributed by atoms with Crippen LogP contribution in [0.15, 0.2) is 29.1 Å². The number of likely N-dealkylation sites (tertiary alicyclic amines) is 1. The Morgan fingerprint density at radius 1 is 1.12 bits per heavy atom. The van der Waals surface area contributed by atoms with Crippen LogP contribution in [-0.2, 0) is 27.4 Å². The average molecular weight is 443 g/mol. The lowest BCUT2D eigenvalue weighted by molar-refractivity contribution is -0.151. The maximum Gasteiger partial charge on any atom is 0.354 e. The molecule has 1 fully saturated rings. The first-order chi connectivity index (χ1) is 15.4. The van der Waals surface area contributed by atoms with Crippen molar-refractivity contribution in [3.05, 3.63) is 40.6 Å². The summed E-state index contributed by atoms with van der Waals surface area (Å²) in [6.07, 6.45) is 1.04. The van der Waals surface area contributed by atoms with E-state index in [2.05, 4.69) is 5.10 Å². The van der Waals surface area contributed by atoms with E-state index in [9.17, 15) is 19.2 Å². The minimum Gasteiger partial charge on any atom is -0.497 e. The van der Waals surface area contributed by atoms with Crippen molar-refractivity contribution in [1.82, 2.24) is 19.2 Å². The molecule has 1 aromatic carbocycles. The second-order valence-electron chi connectivity index (χ2n) is 7.67. The number of aromatic nitrogens is 3. The second-order valence-corrected chi connectivity index (χ2v) is 7.67. The smallest absolute Gasteiger partial charge is 0.354 e. The van der Waals surface area contributed by atoms with E-state index in [1.54, 1.807) is 43.2 Å². The van der Waals surface area contributed by atoms with Crippen molar-refractivity contribution in [3.63, 3.8) is 0 Å². The van der Waals surface area contributed by atoms with Crippen LogP contribution in [0.4, 0.5) is 10.5 Å². The molecule has 2 amide bonds. The third-order valence-corrected chi connectivity index (χ3v) is 5.76. The molecule has 32 heavy (non-hydrogen) atoms. The number of amides is 2. The van der Waals surface area contributed by atoms with Gasteiger partial charge >= 0.3 is 17.7 Å². The number of methoxy groups -OCH3 is 1. The number of rotatable bonds is 6. The third kappa shape index (κ3) is 3.97. The topological polar surface area (TPSA) is 116 Å². The maximum atomic E-state index is 12.8. The van der Waals surface area contributed by atoms with Crippen molar-refractivity contribution < 1.29 is 23.9 Å². The van der Waals surface area contributed by atoms with Gasteiger partial charge in [0.2, 0.25) is 5.91 Å². The average Bonchev–Trinajstić information content (AvgIpc) is 3.29. The summed E-state index contributed by atoms with van der Waals surface area (Å²) in [6, 6.07) is 6.40. The molecular formula is C21H25N5O6. The molecule has 0 aliphatic carbocycles. The highest BCUT2D eigenvalue weighted by Crippen LogP contribution is 2.25. The molecule has 1 saturated heterocycles. The van der Waals surface area contributed by atoms with E-state index in [-0.39, 0.29) is 36.7 Å². The van der Waals surface area contributed by atoms with Gasteiger partial charge in [-0.25, -0.2) is 14.3 Å². The van der Waals surface area contributed by atoms with Crippen LogP contribution in [0.3, 0.4) is 0 Å². The van der Waals surface area contributed by atoms with Crippen molar-refractivity contribution in [2.75, 3.05) is 31.7 Å². The third-order valence-electron chi connectivity index (χ3n) is 5.76. The highest BCUT2D eigenvalue weighted by atomic mass is 16.5. The Kier molecular flexibility index (Phi) is 5.97. The number of anilines is 1. The van der Waals surface area contributed by atoms with Crippen molar-refractivity contribution in [2.24, 2.45) is 5.92 Å². The number of hydrogen-bond acceptors (Lipinski definition) is 7. The summed E-state index contributed by atoms with van der Waals surface area (Å²) in [4.78, 5) is 53.1. The van der Waals surface area contributed by atoms with E-state index in [0.29, 0.717) is 44.0 Å². The van der Waals surface area contributed by atoms with Gasteiger partial charge in [-0.15, -0.1) is 0 Å². The Hall–Kier alpha value is -3.63. The van der Waals surface area contributed by atoms with E-state index in [1.807, 2.05) is 0 Å². The SMILES string of the molecule is CCOC(=O)C1CCN(C(=O)Cn2nc3n(c2=O)C(=O)N(c2ccc(OC)cc2)C3)CC1. The van der Waals surface area contributed by atoms with Crippen LogP contribution in [0.2, 0.25) is 0 Å². The first-order valence-corrected chi connectivity index (χ1v) is 10.5. The summed E-state index contributed by atoms with van der Waals surface area (Å²) >= 11 is 0. The van der Waals surface area contributed by atoms with Crippen LogP contribution in [0, 0.1) is 5.92 Å². The normalized spacial score (nSPS) is 16.2. The molecule has 0 spiro atoms. The lowest BCUT2D eigenvalue weighted by Crippen LogP contribution is -2.44. The first-order valence-electron chi connectivity index (χ1n) is 10.5. The molecule has 2 aromatic rings. The molecule has 11 heteroatoms. The van der Waals surface area contributed by atoms with Crippen LogP contribution in [0.1, 0.15) is 25.6 Å². The Labute approximate surface area is 184 Å². The van der Waals surface area contributed by atoms with Crippen LogP contribution in [-0.4, -0.2) is 64.0 Å². The Balaban J connectivity index is 1.40. The fourth-order valence-corrected chi connectivity index (χ4v) is 4.00. The molecule has 0 N–H and O–H groups in total. The highest BCUT2D eigenvalue weighted by molar-refractivity contribution is 5.96. The number of carbonyl (C=O) groups excluding carboxylic acids is 3. The minimum absolute atomic E-state index is 0.131. The molecule has 0 bridgehead atoms. The number of esters is 1. The van der Waals surface area contributed by atoms with E-state index in [1.165, 1.54) is 4.90 Å². The number of hydrogen-bond donors (Lipinski definition) is 0. The quantitative estimate of drug-likeness (QED) is 0.608. The molecule has 11 nitrogen and oxygen atoms in total. The predicted octanol–water partition coefficient (Wildman–Crippen LogP) is 0.843. The number of fused-ring (bicyclic) bond motifs is 1. The van der Waals surface area contributed by atoms with E-state index in [4.69, 9.17) is 9.47 Å². The van der Waals surface area contributed by atoms with Gasteiger partial charge in [0.25, 0.3) is 0 Å². The highest BCUT2D eigenvalue weighted by Gasteiger charge is 2.34. The molecule has 2 aliphatic rings. The fourth-order valence-electron chi connectivity index (χ4n) is 4.00. The van der Waals surface area contributed by atoms with E-state index < -0.39 is 11.7 Å². The van der Waals surface area contributed by atoms with Gasteiger partial charge in [-0.3, -0.25) is 14.5 Å². The fraction of sp³-hybridized carbons (Fsp3) is 0.476. The first kappa shape index (κ1) is 21.6. The molecule has 0 saturated carbocycles. The zero-order chi connectivity index (χ0) is 22.8. The summed E-state index contributed by atoms with van der Waals surface area (Å²) < 4.78 is 12.2. The van der Waals surface area contributed by atoms with E-state index in [0.717, 1.165) is 9.25 Å². The molecule has 170 valence electrons. The van der Waals surface area contributed by atoms with Crippen molar-refractivity contribution >= 4 is 23.6 Å². The molecule has 3 heterocycles. The van der Waals surface area contributed by atoms with Gasteiger partial charge in [0, 0.05) is 18.8 Å². The zero-order valence-electron chi connectivity index (χ0n) is 18.0. The van der Waals surface area contributed by atoms with Gasteiger partial charge in [-0.2, -0.15) is 9.67 Å². The molecule has 0 radical (unpaired) electrons.